The van der Waals surface area contributed by atoms with Crippen LogP contribution in [0.1, 0.15) is 0 Å². The molecule has 0 aliphatic carbocycles. The molecule has 1 rings (SSSR count). The van der Waals surface area contributed by atoms with Gasteiger partial charge in [0.1, 0.15) is 5.82 Å². The Bertz CT molecular complexity index is 163. The molecule has 0 saturated carbocycles. The van der Waals surface area contributed by atoms with Crippen molar-refractivity contribution in [2.24, 2.45) is 11.5 Å². The number of nitrogens with one attached hydrogen (secondary N) is 2. The Morgan fingerprint density at radius 3 is 3.00 bits per heavy atom. The largest absolute Gasteiger partial charge is 0.384 e. The van der Waals surface area contributed by atoms with E-state index in [0.29, 0.717) is 5.82 Å². The molecule has 0 fully saturated rings. The van der Waals surface area contributed by atoms with E-state index < -0.39 is 0 Å². The molecule has 6 N–H and O–H groups in total. The van der Waals surface area contributed by atoms with Crippen LogP contribution in [-0.4, -0.2) is 11.3 Å². The van der Waals surface area contributed by atoms with Crippen LogP contribution >= 0.6 is 0 Å². The quantitative estimate of drug-likeness (QED) is 0.359. The normalized spacial score (nSPS) is 25.1. The number of hydrogen-bond acceptors (Lipinski definition) is 5. The highest BCUT2D eigenvalue weighted by Gasteiger charge is 2.09. The van der Waals surface area contributed by atoms with Gasteiger partial charge in [0, 0.05) is 6.20 Å². The molecule has 10 heavy (non-hydrogen) atoms. The predicted molar refractivity (Wildman–Crippen MR) is 38.6 cm³/mol. The summed E-state index contributed by atoms with van der Waals surface area (Å²) in [6, 6.07) is 0. The molecule has 0 aromatic carbocycles. The lowest BCUT2D eigenvalue weighted by atomic mass is 10.4. The Labute approximate surface area is 59.3 Å². The molecule has 5 nitrogen and oxygen atoms in total. The molecule has 1 unspecified atom stereocenters. The van der Waals surface area contributed by atoms with Crippen LogP contribution < -0.4 is 22.3 Å². The van der Waals surface area contributed by atoms with Crippen LogP contribution in [0.3, 0.4) is 0 Å². The van der Waals surface area contributed by atoms with E-state index in [4.69, 9.17) is 11.5 Å². The molecular formula is C5H11N5. The molecule has 0 amide bonds. The zero-order valence-electron chi connectivity index (χ0n) is 5.54. The summed E-state index contributed by atoms with van der Waals surface area (Å²) in [5.41, 5.74) is 16.5. The number of nitrogens with two attached hydrogens (primary N) is 2. The molecule has 5 heteroatoms. The molecule has 0 radical (unpaired) electrons. The summed E-state index contributed by atoms with van der Waals surface area (Å²) in [5.74, 6) is 0.520. The first-order valence-electron chi connectivity index (χ1n) is 2.90. The monoisotopic (exact) mass is 141 g/mol. The van der Waals surface area contributed by atoms with Crippen LogP contribution in [0.25, 0.3) is 0 Å². The third kappa shape index (κ3) is 1.40. The summed E-state index contributed by atoms with van der Waals surface area (Å²) < 4.78 is 0. The van der Waals surface area contributed by atoms with Crippen molar-refractivity contribution in [2.75, 3.05) is 0 Å². The molecule has 0 aromatic rings. The molecule has 0 aromatic heterocycles. The smallest absolute Gasteiger partial charge is 0.115 e. The minimum atomic E-state index is -0.251. The van der Waals surface area contributed by atoms with Gasteiger partial charge in [-0.15, -0.1) is 0 Å². The highest BCUT2D eigenvalue weighted by Crippen LogP contribution is 1.91. The highest BCUT2D eigenvalue weighted by molar-refractivity contribution is 5.01. The Morgan fingerprint density at radius 1 is 1.80 bits per heavy atom. The fourth-order valence-corrected chi connectivity index (χ4v) is 0.698. The van der Waals surface area contributed by atoms with Crippen molar-refractivity contribution in [3.8, 4) is 0 Å². The number of hydrazine groups is 2. The molecular weight excluding hydrogens is 130 g/mol. The number of rotatable bonds is 1. The average Bonchev–Trinajstić information content (AvgIpc) is 1.85. The molecule has 1 aliphatic heterocycles. The SMILES string of the molecule is C=CN1NC(N)=CC(N)N1. The molecule has 1 heterocycles. The summed E-state index contributed by atoms with van der Waals surface area (Å²) in [7, 11) is 0. The highest BCUT2D eigenvalue weighted by atomic mass is 15.7. The van der Waals surface area contributed by atoms with Crippen LogP contribution in [0.15, 0.2) is 24.7 Å². The van der Waals surface area contributed by atoms with Gasteiger partial charge in [-0.2, -0.15) is 5.43 Å². The Morgan fingerprint density at radius 2 is 2.50 bits per heavy atom. The fraction of sp³-hybridized carbons (Fsp3) is 0.200. The van der Waals surface area contributed by atoms with Gasteiger partial charge < -0.3 is 11.5 Å². The number of hydrogen-bond donors (Lipinski definition) is 4. The lowest BCUT2D eigenvalue weighted by Gasteiger charge is -2.29. The maximum absolute atomic E-state index is 5.49. The van der Waals surface area contributed by atoms with Crippen LogP contribution in [0, 0.1) is 0 Å². The summed E-state index contributed by atoms with van der Waals surface area (Å²) in [6.45, 7) is 3.52. The van der Waals surface area contributed by atoms with Crippen molar-refractivity contribution in [3.05, 3.63) is 24.7 Å². The van der Waals surface area contributed by atoms with E-state index >= 15 is 0 Å². The van der Waals surface area contributed by atoms with Gasteiger partial charge >= 0.3 is 0 Å². The fourth-order valence-electron chi connectivity index (χ4n) is 0.698. The molecule has 1 atom stereocenters. The topological polar surface area (TPSA) is 79.3 Å². The second-order valence-corrected chi connectivity index (χ2v) is 1.94. The first-order chi connectivity index (χ1) is 4.72. The van der Waals surface area contributed by atoms with Gasteiger partial charge in [0.15, 0.2) is 0 Å². The van der Waals surface area contributed by atoms with Gasteiger partial charge in [0.25, 0.3) is 0 Å². The van der Waals surface area contributed by atoms with Crippen molar-refractivity contribution in [2.45, 2.75) is 6.17 Å². The molecule has 0 spiro atoms. The second kappa shape index (κ2) is 2.59. The summed E-state index contributed by atoms with van der Waals surface area (Å²) in [4.78, 5) is 0. The third-order valence-corrected chi connectivity index (χ3v) is 1.08. The molecule has 0 saturated heterocycles. The third-order valence-electron chi connectivity index (χ3n) is 1.08. The standard InChI is InChI=1S/C5H11N5/c1-2-10-8-4(6)3-5(7)9-10/h2-4,8-9H,1,6-7H2. The van der Waals surface area contributed by atoms with E-state index in [-0.39, 0.29) is 6.17 Å². The van der Waals surface area contributed by atoms with E-state index in [9.17, 15) is 0 Å². The van der Waals surface area contributed by atoms with Gasteiger partial charge in [0.05, 0.1) is 6.17 Å². The Kier molecular flexibility index (Phi) is 1.79. The van der Waals surface area contributed by atoms with Crippen molar-refractivity contribution >= 4 is 0 Å². The summed E-state index contributed by atoms with van der Waals surface area (Å²) in [6.07, 6.45) is 2.96. The van der Waals surface area contributed by atoms with Crippen molar-refractivity contribution in [1.82, 2.24) is 16.0 Å². The van der Waals surface area contributed by atoms with Crippen molar-refractivity contribution in [1.29, 1.82) is 0 Å². The van der Waals surface area contributed by atoms with Crippen molar-refractivity contribution in [3.63, 3.8) is 0 Å². The maximum atomic E-state index is 5.49. The van der Waals surface area contributed by atoms with Crippen molar-refractivity contribution < 1.29 is 0 Å². The van der Waals surface area contributed by atoms with E-state index in [2.05, 4.69) is 17.4 Å². The van der Waals surface area contributed by atoms with Crippen LogP contribution in [-0.2, 0) is 0 Å². The van der Waals surface area contributed by atoms with E-state index in [0.717, 1.165) is 0 Å². The minimum Gasteiger partial charge on any atom is -0.384 e. The number of nitrogens with zero attached hydrogens (tertiary/aromatic N) is 1. The maximum Gasteiger partial charge on any atom is 0.115 e. The van der Waals surface area contributed by atoms with E-state index in [1.807, 2.05) is 0 Å². The average molecular weight is 141 g/mol. The van der Waals surface area contributed by atoms with Gasteiger partial charge in [-0.1, -0.05) is 6.58 Å². The Balaban J connectivity index is 2.60. The van der Waals surface area contributed by atoms with Gasteiger partial charge in [-0.05, 0) is 6.08 Å². The van der Waals surface area contributed by atoms with Gasteiger partial charge in [0.2, 0.25) is 0 Å². The van der Waals surface area contributed by atoms with Gasteiger partial charge in [-0.25, -0.2) is 5.12 Å². The molecule has 1 aliphatic rings. The van der Waals surface area contributed by atoms with E-state index in [1.54, 1.807) is 12.3 Å². The Hall–Kier alpha value is -1.20. The minimum absolute atomic E-state index is 0.251. The second-order valence-electron chi connectivity index (χ2n) is 1.94. The van der Waals surface area contributed by atoms with E-state index in [1.165, 1.54) is 5.12 Å². The summed E-state index contributed by atoms with van der Waals surface area (Å²) >= 11 is 0. The molecule has 0 bridgehead atoms. The predicted octanol–water partition coefficient (Wildman–Crippen LogP) is -1.46. The lowest BCUT2D eigenvalue weighted by Crippen LogP contribution is -2.56. The van der Waals surface area contributed by atoms with Crippen LogP contribution in [0.2, 0.25) is 0 Å². The lowest BCUT2D eigenvalue weighted by molar-refractivity contribution is 0.175. The molecule has 56 valence electrons. The van der Waals surface area contributed by atoms with Crippen LogP contribution in [0.5, 0.6) is 0 Å². The zero-order valence-corrected chi connectivity index (χ0v) is 5.54. The first kappa shape index (κ1) is 6.91. The zero-order chi connectivity index (χ0) is 7.56. The summed E-state index contributed by atoms with van der Waals surface area (Å²) in [5, 5.41) is 1.50. The first-order valence-corrected chi connectivity index (χ1v) is 2.90. The van der Waals surface area contributed by atoms with Crippen LogP contribution in [0.4, 0.5) is 0 Å². The van der Waals surface area contributed by atoms with Gasteiger partial charge in [-0.3, -0.25) is 5.43 Å².